The summed E-state index contributed by atoms with van der Waals surface area (Å²) in [6.45, 7) is 0. The van der Waals surface area contributed by atoms with Crippen LogP contribution < -0.4 is 0 Å². The smallest absolute Gasteiger partial charge is 0.235 e. The maximum absolute atomic E-state index is 6.75. The number of furan rings is 1. The van der Waals surface area contributed by atoms with Gasteiger partial charge in [-0.05, 0) is 58.3 Å². The average Bonchev–Trinajstić information content (AvgIpc) is 3.90. The van der Waals surface area contributed by atoms with Gasteiger partial charge in [0.2, 0.25) is 5.95 Å². The van der Waals surface area contributed by atoms with Crippen molar-refractivity contribution in [2.75, 3.05) is 0 Å². The number of thiophene rings is 1. The Labute approximate surface area is 306 Å². The molecule has 4 nitrogen and oxygen atoms in total. The molecule has 0 radical (unpaired) electrons. The lowest BCUT2D eigenvalue weighted by molar-refractivity contribution is 0.671. The second-order valence-corrected chi connectivity index (χ2v) is 14.8. The van der Waals surface area contributed by atoms with E-state index in [2.05, 4.69) is 156 Å². The molecule has 0 saturated heterocycles. The molecule has 0 spiro atoms. The summed E-state index contributed by atoms with van der Waals surface area (Å²) in [4.78, 5) is 10.8. The van der Waals surface area contributed by atoms with Gasteiger partial charge in [0.25, 0.3) is 0 Å². The van der Waals surface area contributed by atoms with Gasteiger partial charge in [-0.3, -0.25) is 4.57 Å². The van der Waals surface area contributed by atoms with Crippen molar-refractivity contribution in [2.24, 2.45) is 0 Å². The van der Waals surface area contributed by atoms with Crippen LogP contribution in [0.4, 0.5) is 0 Å². The highest BCUT2D eigenvalue weighted by molar-refractivity contribution is 7.26. The molecule has 0 saturated carbocycles. The number of hydrogen-bond acceptors (Lipinski definition) is 4. The number of nitrogens with zero attached hydrogens (tertiary/aromatic N) is 3. The van der Waals surface area contributed by atoms with E-state index in [9.17, 15) is 0 Å². The number of aromatic nitrogens is 3. The van der Waals surface area contributed by atoms with E-state index in [0.29, 0.717) is 5.95 Å². The van der Waals surface area contributed by atoms with Crippen molar-refractivity contribution in [1.29, 1.82) is 0 Å². The minimum Gasteiger partial charge on any atom is -0.454 e. The molecule has 0 bridgehead atoms. The zero-order chi connectivity index (χ0) is 34.6. The van der Waals surface area contributed by atoms with Crippen molar-refractivity contribution in [3.8, 4) is 28.3 Å². The Morgan fingerprint density at radius 1 is 0.491 bits per heavy atom. The van der Waals surface area contributed by atoms with Crippen molar-refractivity contribution in [1.82, 2.24) is 14.5 Å². The standard InChI is InChI=1S/C48H27N3OS/c1-2-13-30-28(11-1)12-9-18-34(30)44-38-16-3-6-20-40(38)49-48(50-44)51-41-26-23-29(31-17-10-19-37-33-15-5-8-22-43(33)53-47(31)37)27-39(41)35-24-25-36-32-14-4-7-21-42(32)52-46(36)45(35)51/h1-27H. The van der Waals surface area contributed by atoms with Crippen LogP contribution in [0.15, 0.2) is 168 Å². The molecule has 4 aromatic heterocycles. The van der Waals surface area contributed by atoms with Gasteiger partial charge >= 0.3 is 0 Å². The fourth-order valence-corrected chi connectivity index (χ4v) is 9.67. The SMILES string of the molecule is c1ccc2c(-c3nc(-n4c5ccc(-c6cccc7c6sc6ccccc67)cc5c5ccc6c7ccccc7oc6c54)nc4ccccc34)cccc2c1. The Morgan fingerprint density at radius 3 is 2.15 bits per heavy atom. The fraction of sp³-hybridized carbons (Fsp3) is 0. The molecule has 0 aliphatic carbocycles. The summed E-state index contributed by atoms with van der Waals surface area (Å²) in [6.07, 6.45) is 0. The highest BCUT2D eigenvalue weighted by Crippen LogP contribution is 2.44. The minimum atomic E-state index is 0.610. The quantitative estimate of drug-likeness (QED) is 0.185. The monoisotopic (exact) mass is 693 g/mol. The van der Waals surface area contributed by atoms with Crippen LogP contribution in [0.3, 0.4) is 0 Å². The van der Waals surface area contributed by atoms with E-state index in [1.807, 2.05) is 23.5 Å². The molecule has 0 unspecified atom stereocenters. The van der Waals surface area contributed by atoms with E-state index in [4.69, 9.17) is 14.4 Å². The molecular formula is C48H27N3OS. The predicted octanol–water partition coefficient (Wildman–Crippen LogP) is 13.5. The maximum atomic E-state index is 6.75. The molecule has 0 aliphatic heterocycles. The van der Waals surface area contributed by atoms with Crippen LogP contribution in [0.1, 0.15) is 0 Å². The Kier molecular flexibility index (Phi) is 5.90. The molecule has 53 heavy (non-hydrogen) atoms. The molecule has 246 valence electrons. The highest BCUT2D eigenvalue weighted by atomic mass is 32.1. The van der Waals surface area contributed by atoms with E-state index in [1.165, 1.54) is 36.7 Å². The molecule has 4 heterocycles. The number of fused-ring (bicyclic) bond motifs is 12. The van der Waals surface area contributed by atoms with Gasteiger partial charge in [0.05, 0.1) is 16.7 Å². The first kappa shape index (κ1) is 28.8. The Hall–Kier alpha value is -6.82. The van der Waals surface area contributed by atoms with Gasteiger partial charge in [0, 0.05) is 52.7 Å². The van der Waals surface area contributed by atoms with Crippen LogP contribution in [0.5, 0.6) is 0 Å². The molecule has 5 heteroatoms. The van der Waals surface area contributed by atoms with Gasteiger partial charge < -0.3 is 4.42 Å². The third kappa shape index (κ3) is 4.11. The molecule has 0 atom stereocenters. The number of rotatable bonds is 3. The zero-order valence-corrected chi connectivity index (χ0v) is 29.1. The average molecular weight is 694 g/mol. The zero-order valence-electron chi connectivity index (χ0n) is 28.2. The van der Waals surface area contributed by atoms with E-state index >= 15 is 0 Å². The van der Waals surface area contributed by atoms with Crippen molar-refractivity contribution in [3.63, 3.8) is 0 Å². The van der Waals surface area contributed by atoms with Crippen molar-refractivity contribution in [2.45, 2.75) is 0 Å². The molecule has 0 aliphatic rings. The van der Waals surface area contributed by atoms with Crippen LogP contribution in [0.2, 0.25) is 0 Å². The van der Waals surface area contributed by atoms with Gasteiger partial charge in [-0.1, -0.05) is 127 Å². The lowest BCUT2D eigenvalue weighted by Crippen LogP contribution is -2.03. The summed E-state index contributed by atoms with van der Waals surface area (Å²) in [7, 11) is 0. The predicted molar refractivity (Wildman–Crippen MR) is 222 cm³/mol. The van der Waals surface area contributed by atoms with E-state index in [-0.39, 0.29) is 0 Å². The third-order valence-electron chi connectivity index (χ3n) is 10.8. The van der Waals surface area contributed by atoms with Crippen molar-refractivity contribution in [3.05, 3.63) is 164 Å². The van der Waals surface area contributed by atoms with Crippen LogP contribution in [-0.2, 0) is 0 Å². The first-order chi connectivity index (χ1) is 26.3. The summed E-state index contributed by atoms with van der Waals surface area (Å²) in [5.41, 5.74) is 8.96. The van der Waals surface area contributed by atoms with Crippen LogP contribution in [0.25, 0.3) is 114 Å². The molecular weight excluding hydrogens is 667 g/mol. The summed E-state index contributed by atoms with van der Waals surface area (Å²) >= 11 is 1.86. The van der Waals surface area contributed by atoms with E-state index < -0.39 is 0 Å². The molecule has 8 aromatic carbocycles. The van der Waals surface area contributed by atoms with Crippen LogP contribution >= 0.6 is 11.3 Å². The lowest BCUT2D eigenvalue weighted by atomic mass is 9.99. The first-order valence-electron chi connectivity index (χ1n) is 17.8. The van der Waals surface area contributed by atoms with E-state index in [1.54, 1.807) is 0 Å². The lowest BCUT2D eigenvalue weighted by Gasteiger charge is -2.13. The minimum absolute atomic E-state index is 0.610. The Morgan fingerprint density at radius 2 is 1.21 bits per heavy atom. The van der Waals surface area contributed by atoms with Gasteiger partial charge in [-0.15, -0.1) is 11.3 Å². The van der Waals surface area contributed by atoms with Crippen molar-refractivity contribution < 1.29 is 4.42 Å². The van der Waals surface area contributed by atoms with Crippen molar-refractivity contribution >= 4 is 96.9 Å². The second-order valence-electron chi connectivity index (χ2n) is 13.7. The van der Waals surface area contributed by atoms with Gasteiger partial charge in [-0.25, -0.2) is 9.97 Å². The second kappa shape index (κ2) is 10.8. The summed E-state index contributed by atoms with van der Waals surface area (Å²) < 4.78 is 11.6. The normalized spacial score (nSPS) is 12.2. The van der Waals surface area contributed by atoms with Crippen LogP contribution in [-0.4, -0.2) is 14.5 Å². The number of para-hydroxylation sites is 2. The Bertz CT molecular complexity index is 3470. The number of hydrogen-bond donors (Lipinski definition) is 0. The molecule has 0 amide bonds. The molecule has 12 aromatic rings. The third-order valence-corrected chi connectivity index (χ3v) is 12.0. The maximum Gasteiger partial charge on any atom is 0.235 e. The Balaban J connectivity index is 1.20. The highest BCUT2D eigenvalue weighted by Gasteiger charge is 2.23. The molecule has 12 rings (SSSR count). The van der Waals surface area contributed by atoms with E-state index in [0.717, 1.165) is 71.3 Å². The van der Waals surface area contributed by atoms with Gasteiger partial charge in [0.1, 0.15) is 11.1 Å². The fourth-order valence-electron chi connectivity index (χ4n) is 8.43. The largest absolute Gasteiger partial charge is 0.454 e. The van der Waals surface area contributed by atoms with Gasteiger partial charge in [0.15, 0.2) is 5.58 Å². The molecule has 0 N–H and O–H groups in total. The first-order valence-corrected chi connectivity index (χ1v) is 18.6. The number of benzene rings is 8. The summed E-state index contributed by atoms with van der Waals surface area (Å²) in [5.74, 6) is 0.610. The van der Waals surface area contributed by atoms with Gasteiger partial charge in [-0.2, -0.15) is 0 Å². The topological polar surface area (TPSA) is 43.9 Å². The van der Waals surface area contributed by atoms with Crippen LogP contribution in [0, 0.1) is 0 Å². The summed E-state index contributed by atoms with van der Waals surface area (Å²) in [6, 6.07) is 58.2. The summed E-state index contributed by atoms with van der Waals surface area (Å²) in [5, 5.41) is 10.3. The molecule has 0 fully saturated rings.